The van der Waals surface area contributed by atoms with Crippen molar-refractivity contribution in [2.75, 3.05) is 18.1 Å². The molecule has 2 fully saturated rings. The number of thiocarbonyl (C=S) groups is 1. The van der Waals surface area contributed by atoms with Gasteiger partial charge in [-0.05, 0) is 26.3 Å². The van der Waals surface area contributed by atoms with E-state index in [0.29, 0.717) is 22.2 Å². The molecule has 0 saturated carbocycles. The molecule has 1 aromatic heterocycles. The molecule has 134 valence electrons. The van der Waals surface area contributed by atoms with Crippen LogP contribution in [-0.4, -0.2) is 51.4 Å². The molecule has 1 atom stereocenters. The Kier molecular flexibility index (Phi) is 4.91. The van der Waals surface area contributed by atoms with Crippen LogP contribution >= 0.6 is 24.0 Å². The largest absolute Gasteiger partial charge is 0.289 e. The molecule has 0 aromatic carbocycles. The zero-order valence-corrected chi connectivity index (χ0v) is 16.5. The Morgan fingerprint density at radius 1 is 1.44 bits per heavy atom. The summed E-state index contributed by atoms with van der Waals surface area (Å²) >= 11 is 6.52. The molecule has 0 N–H and O–H groups in total. The van der Waals surface area contributed by atoms with Crippen LogP contribution in [0.25, 0.3) is 6.08 Å². The molecule has 0 spiro atoms. The van der Waals surface area contributed by atoms with Crippen molar-refractivity contribution >= 4 is 50.1 Å². The molecule has 2 saturated heterocycles. The molecule has 2 aliphatic rings. The van der Waals surface area contributed by atoms with Gasteiger partial charge in [-0.25, -0.2) is 8.42 Å². The van der Waals surface area contributed by atoms with Gasteiger partial charge in [-0.3, -0.25) is 14.4 Å². The monoisotopic (exact) mass is 397 g/mol. The molecule has 1 aromatic rings. The van der Waals surface area contributed by atoms with Gasteiger partial charge >= 0.3 is 0 Å². The molecule has 2 aliphatic heterocycles. The standard InChI is InChI=1S/C16H19N3O3S3/c1-4-6-18-15(20)14(24-16(18)23)8-13-10(2)17-19(11(13)3)12-5-7-25(21,22)9-12/h4,8,12H,1,5-7,9H2,2-3H3/b14-8-/t12-/m1/s1. The smallest absolute Gasteiger partial charge is 0.266 e. The van der Waals surface area contributed by atoms with Crippen LogP contribution in [0.3, 0.4) is 0 Å². The summed E-state index contributed by atoms with van der Waals surface area (Å²) in [5.41, 5.74) is 2.49. The van der Waals surface area contributed by atoms with Gasteiger partial charge in [-0.2, -0.15) is 5.10 Å². The highest BCUT2D eigenvalue weighted by atomic mass is 32.2. The number of amides is 1. The Morgan fingerprint density at radius 3 is 2.76 bits per heavy atom. The molecular formula is C16H19N3O3S3. The third-order valence-electron chi connectivity index (χ3n) is 4.40. The molecule has 3 rings (SSSR count). The van der Waals surface area contributed by atoms with E-state index < -0.39 is 9.84 Å². The van der Waals surface area contributed by atoms with Gasteiger partial charge in [0, 0.05) is 17.8 Å². The average Bonchev–Trinajstić information content (AvgIpc) is 3.12. The third kappa shape index (κ3) is 3.45. The van der Waals surface area contributed by atoms with E-state index in [4.69, 9.17) is 12.2 Å². The number of aromatic nitrogens is 2. The molecule has 1 amide bonds. The van der Waals surface area contributed by atoms with Crippen LogP contribution in [0.15, 0.2) is 17.6 Å². The molecule has 0 unspecified atom stereocenters. The van der Waals surface area contributed by atoms with Crippen molar-refractivity contribution in [3.8, 4) is 0 Å². The lowest BCUT2D eigenvalue weighted by Crippen LogP contribution is -2.27. The van der Waals surface area contributed by atoms with Gasteiger partial charge in [0.25, 0.3) is 5.91 Å². The third-order valence-corrected chi connectivity index (χ3v) is 7.52. The molecule has 0 aliphatic carbocycles. The van der Waals surface area contributed by atoms with Crippen molar-refractivity contribution in [2.45, 2.75) is 26.3 Å². The first-order valence-electron chi connectivity index (χ1n) is 7.86. The molecular weight excluding hydrogens is 378 g/mol. The lowest BCUT2D eigenvalue weighted by atomic mass is 10.1. The topological polar surface area (TPSA) is 72.3 Å². The number of aryl methyl sites for hydroxylation is 1. The van der Waals surface area contributed by atoms with E-state index in [1.54, 1.807) is 16.8 Å². The first-order chi connectivity index (χ1) is 11.7. The second-order valence-electron chi connectivity index (χ2n) is 6.17. The van der Waals surface area contributed by atoms with Gasteiger partial charge in [0.15, 0.2) is 9.84 Å². The van der Waals surface area contributed by atoms with Crippen molar-refractivity contribution in [3.05, 3.63) is 34.5 Å². The van der Waals surface area contributed by atoms with Gasteiger partial charge in [-0.15, -0.1) is 6.58 Å². The van der Waals surface area contributed by atoms with Crippen molar-refractivity contribution in [1.82, 2.24) is 14.7 Å². The van der Waals surface area contributed by atoms with E-state index in [0.717, 1.165) is 17.0 Å². The van der Waals surface area contributed by atoms with E-state index in [2.05, 4.69) is 11.7 Å². The van der Waals surface area contributed by atoms with E-state index in [9.17, 15) is 13.2 Å². The Hall–Kier alpha value is -1.45. The maximum absolute atomic E-state index is 12.5. The summed E-state index contributed by atoms with van der Waals surface area (Å²) in [6, 6.07) is -0.138. The lowest BCUT2D eigenvalue weighted by Gasteiger charge is -2.11. The first-order valence-corrected chi connectivity index (χ1v) is 10.9. The SMILES string of the molecule is C=CCN1C(=O)/C(=C/c2c(C)nn([C@@H]3CCS(=O)(=O)C3)c2C)SC1=S. The lowest BCUT2D eigenvalue weighted by molar-refractivity contribution is -0.121. The van der Waals surface area contributed by atoms with Gasteiger partial charge in [0.1, 0.15) is 4.32 Å². The Balaban J connectivity index is 1.93. The fourth-order valence-corrected chi connectivity index (χ4v) is 6.07. The van der Waals surface area contributed by atoms with Crippen molar-refractivity contribution in [3.63, 3.8) is 0 Å². The fourth-order valence-electron chi connectivity index (χ4n) is 3.13. The summed E-state index contributed by atoms with van der Waals surface area (Å²) in [4.78, 5) is 14.5. The molecule has 3 heterocycles. The summed E-state index contributed by atoms with van der Waals surface area (Å²) < 4.78 is 25.8. The molecule has 0 bridgehead atoms. The molecule has 25 heavy (non-hydrogen) atoms. The van der Waals surface area contributed by atoms with E-state index in [1.807, 2.05) is 13.8 Å². The summed E-state index contributed by atoms with van der Waals surface area (Å²) in [7, 11) is -2.98. The number of thioether (sulfide) groups is 1. The Labute approximate surface area is 156 Å². The van der Waals surface area contributed by atoms with E-state index in [-0.39, 0.29) is 23.5 Å². The zero-order chi connectivity index (χ0) is 18.4. The summed E-state index contributed by atoms with van der Waals surface area (Å²) in [5.74, 6) is 0.186. The minimum absolute atomic E-state index is 0.121. The van der Waals surface area contributed by atoms with Crippen molar-refractivity contribution < 1.29 is 13.2 Å². The average molecular weight is 398 g/mol. The van der Waals surface area contributed by atoms with Crippen LogP contribution in [0.1, 0.15) is 29.4 Å². The van der Waals surface area contributed by atoms with Gasteiger partial charge in [0.05, 0.1) is 28.1 Å². The maximum Gasteiger partial charge on any atom is 0.266 e. The predicted molar refractivity (Wildman–Crippen MR) is 104 cm³/mol. The number of carbonyl (C=O) groups is 1. The number of rotatable bonds is 4. The number of hydrogen-bond acceptors (Lipinski definition) is 6. The number of sulfone groups is 1. The molecule has 9 heteroatoms. The highest BCUT2D eigenvalue weighted by Crippen LogP contribution is 2.34. The van der Waals surface area contributed by atoms with Crippen LogP contribution in [0.4, 0.5) is 0 Å². The highest BCUT2D eigenvalue weighted by Gasteiger charge is 2.33. The van der Waals surface area contributed by atoms with Crippen molar-refractivity contribution in [1.29, 1.82) is 0 Å². The summed E-state index contributed by atoms with van der Waals surface area (Å²) in [6.45, 7) is 7.80. The molecule has 0 radical (unpaired) electrons. The van der Waals surface area contributed by atoms with Crippen LogP contribution in [0.2, 0.25) is 0 Å². The quantitative estimate of drug-likeness (QED) is 0.441. The normalized spacial score (nSPS) is 24.5. The summed E-state index contributed by atoms with van der Waals surface area (Å²) in [6.07, 6.45) is 4.02. The highest BCUT2D eigenvalue weighted by molar-refractivity contribution is 8.26. The van der Waals surface area contributed by atoms with E-state index in [1.165, 1.54) is 16.7 Å². The maximum atomic E-state index is 12.5. The molecule has 6 nitrogen and oxygen atoms in total. The van der Waals surface area contributed by atoms with Crippen LogP contribution in [0, 0.1) is 13.8 Å². The summed E-state index contributed by atoms with van der Waals surface area (Å²) in [5, 5.41) is 4.52. The van der Waals surface area contributed by atoms with E-state index >= 15 is 0 Å². The van der Waals surface area contributed by atoms with Crippen LogP contribution < -0.4 is 0 Å². The number of nitrogens with zero attached hydrogens (tertiary/aromatic N) is 3. The number of hydrogen-bond donors (Lipinski definition) is 0. The first kappa shape index (κ1) is 18.3. The predicted octanol–water partition coefficient (Wildman–Crippen LogP) is 2.25. The second kappa shape index (κ2) is 6.69. The Bertz CT molecular complexity index is 899. The van der Waals surface area contributed by atoms with Crippen molar-refractivity contribution in [2.24, 2.45) is 0 Å². The van der Waals surface area contributed by atoms with Crippen LogP contribution in [-0.2, 0) is 14.6 Å². The Morgan fingerprint density at radius 2 is 2.16 bits per heavy atom. The van der Waals surface area contributed by atoms with Gasteiger partial charge in [0.2, 0.25) is 0 Å². The van der Waals surface area contributed by atoms with Gasteiger partial charge in [-0.1, -0.05) is 30.1 Å². The minimum Gasteiger partial charge on any atom is -0.289 e. The second-order valence-corrected chi connectivity index (χ2v) is 10.1. The zero-order valence-electron chi connectivity index (χ0n) is 14.1. The minimum atomic E-state index is -2.98. The van der Waals surface area contributed by atoms with Crippen LogP contribution in [0.5, 0.6) is 0 Å². The number of carbonyl (C=O) groups excluding carboxylic acids is 1. The van der Waals surface area contributed by atoms with Gasteiger partial charge < -0.3 is 0 Å². The fraction of sp³-hybridized carbons (Fsp3) is 0.438.